The summed E-state index contributed by atoms with van der Waals surface area (Å²) in [5, 5.41) is 0. The van der Waals surface area contributed by atoms with E-state index in [4.69, 9.17) is 0 Å². The monoisotopic (exact) mass is 460 g/mol. The van der Waals surface area contributed by atoms with Gasteiger partial charge in [0.2, 0.25) is 0 Å². The lowest BCUT2D eigenvalue weighted by Crippen LogP contribution is -2.27. The van der Waals surface area contributed by atoms with E-state index in [-0.39, 0.29) is 22.2 Å². The van der Waals surface area contributed by atoms with Gasteiger partial charge in [-0.15, -0.1) is 10.5 Å². The topological polar surface area (TPSA) is 17.1 Å². The van der Waals surface area contributed by atoms with E-state index in [2.05, 4.69) is 75.2 Å². The zero-order valence-electron chi connectivity index (χ0n) is 12.9. The molecule has 24 heavy (non-hydrogen) atoms. The predicted octanol–water partition coefficient (Wildman–Crippen LogP) is 6.28. The third kappa shape index (κ3) is 2.71. The molecule has 1 nitrogen and oxygen atoms in total. The summed E-state index contributed by atoms with van der Waals surface area (Å²) in [6, 6.07) is 14.7. The molecule has 0 fully saturated rings. The van der Waals surface area contributed by atoms with Gasteiger partial charge in [0.15, 0.2) is 5.78 Å². The van der Waals surface area contributed by atoms with Crippen LogP contribution in [0, 0.1) is 12.8 Å². The maximum absolute atomic E-state index is 13.0. The maximum atomic E-state index is 13.0. The van der Waals surface area contributed by atoms with Gasteiger partial charge in [0, 0.05) is 24.3 Å². The van der Waals surface area contributed by atoms with E-state index in [1.807, 2.05) is 24.3 Å². The van der Waals surface area contributed by atoms with Crippen molar-refractivity contribution < 1.29 is 4.79 Å². The highest BCUT2D eigenvalue weighted by molar-refractivity contribution is 9.12. The fourth-order valence-electron chi connectivity index (χ4n) is 3.07. The Morgan fingerprint density at radius 1 is 1.00 bits per heavy atom. The average molecular weight is 462 g/mol. The number of aryl methyl sites for hydroxylation is 1. The first kappa shape index (κ1) is 16.2. The number of hydrogen-bond donors (Lipinski definition) is 0. The molecule has 4 rings (SSSR count). The molecule has 120 valence electrons. The Kier molecular flexibility index (Phi) is 4.23. The van der Waals surface area contributed by atoms with E-state index in [1.165, 1.54) is 15.3 Å². The van der Waals surface area contributed by atoms with Crippen molar-refractivity contribution in [2.75, 3.05) is 0 Å². The van der Waals surface area contributed by atoms with Crippen LogP contribution in [0.1, 0.15) is 15.9 Å². The number of Topliss-reactive ketones (excluding diaryl/α,β-unsaturated/α-hetero) is 1. The zero-order chi connectivity index (χ0) is 16.8. The summed E-state index contributed by atoms with van der Waals surface area (Å²) in [6.07, 6.45) is 6.17. The van der Waals surface area contributed by atoms with Gasteiger partial charge in [0.05, 0.1) is 5.92 Å². The summed E-state index contributed by atoms with van der Waals surface area (Å²) in [6.45, 7) is 2.10. The minimum absolute atomic E-state index is 0.179. The molecule has 0 bridgehead atoms. The Morgan fingerprint density at radius 3 is 2.50 bits per heavy atom. The number of carbonyl (C=O) groups excluding carboxylic acids is 1. The van der Waals surface area contributed by atoms with Crippen LogP contribution in [0.4, 0.5) is 0 Å². The first-order valence-corrected chi connectivity index (χ1v) is 10.4. The summed E-state index contributed by atoms with van der Waals surface area (Å²) < 4.78 is 1.91. The molecule has 0 spiro atoms. The number of fused-ring (bicyclic) bond motifs is 2. The van der Waals surface area contributed by atoms with Gasteiger partial charge in [0.1, 0.15) is 0 Å². The van der Waals surface area contributed by atoms with Crippen molar-refractivity contribution in [2.45, 2.75) is 16.7 Å². The summed E-state index contributed by atoms with van der Waals surface area (Å²) in [4.78, 5) is 16.6. The standard InChI is InChI=1S/C20H14Br2OS/c1-12-2-6-15(7-3-12)24-18-8-4-13(21)10-16(18)20(23)17-11-14(22)5-9-19(17)24/h2-11,16H,1H3. The molecule has 4 heteroatoms. The SMILES string of the molecule is Cc1ccc(S2=C3C=CC(Br)=CC3C(=O)c3cc(Br)ccc32)cc1. The van der Waals surface area contributed by atoms with Gasteiger partial charge in [-0.25, -0.2) is 0 Å². The van der Waals surface area contributed by atoms with Gasteiger partial charge < -0.3 is 0 Å². The van der Waals surface area contributed by atoms with Crippen molar-refractivity contribution in [3.8, 4) is 0 Å². The molecule has 0 aromatic heterocycles. The van der Waals surface area contributed by atoms with Gasteiger partial charge in [-0.3, -0.25) is 4.79 Å². The molecule has 2 aromatic rings. The van der Waals surface area contributed by atoms with Gasteiger partial charge in [-0.1, -0.05) is 61.7 Å². The fourth-order valence-corrected chi connectivity index (χ4v) is 6.23. The van der Waals surface area contributed by atoms with Crippen molar-refractivity contribution in [2.24, 2.45) is 5.92 Å². The van der Waals surface area contributed by atoms with Crippen LogP contribution in [-0.2, 0) is 0 Å². The highest BCUT2D eigenvalue weighted by atomic mass is 79.9. The molecule has 2 unspecified atom stereocenters. The van der Waals surface area contributed by atoms with Gasteiger partial charge >= 0.3 is 0 Å². The lowest BCUT2D eigenvalue weighted by Gasteiger charge is -2.29. The Balaban J connectivity index is 2.03. The molecular formula is C20H14Br2OS. The molecule has 0 radical (unpaired) electrons. The molecule has 0 saturated carbocycles. The van der Waals surface area contributed by atoms with Crippen LogP contribution < -0.4 is 0 Å². The van der Waals surface area contributed by atoms with E-state index in [1.54, 1.807) is 0 Å². The molecule has 1 aliphatic carbocycles. The molecule has 1 aliphatic heterocycles. The predicted molar refractivity (Wildman–Crippen MR) is 108 cm³/mol. The molecule has 2 aromatic carbocycles. The van der Waals surface area contributed by atoms with Gasteiger partial charge in [0.25, 0.3) is 0 Å². The van der Waals surface area contributed by atoms with Gasteiger partial charge in [-0.2, -0.15) is 0 Å². The molecular weight excluding hydrogens is 448 g/mol. The van der Waals surface area contributed by atoms with Crippen LogP contribution in [0.3, 0.4) is 0 Å². The van der Waals surface area contributed by atoms with Crippen LogP contribution in [0.5, 0.6) is 0 Å². The van der Waals surface area contributed by atoms with E-state index in [0.717, 1.165) is 19.4 Å². The number of allylic oxidation sites excluding steroid dienone is 4. The molecule has 0 saturated heterocycles. The van der Waals surface area contributed by atoms with Crippen LogP contribution in [0.15, 0.2) is 79.4 Å². The van der Waals surface area contributed by atoms with E-state index in [0.29, 0.717) is 0 Å². The normalized spacial score (nSPS) is 22.0. The quantitative estimate of drug-likeness (QED) is 0.457. The lowest BCUT2D eigenvalue weighted by molar-refractivity contribution is 0.0969. The summed E-state index contributed by atoms with van der Waals surface area (Å²) >= 11 is 7.03. The van der Waals surface area contributed by atoms with Crippen LogP contribution in [-0.4, -0.2) is 10.6 Å². The first-order chi connectivity index (χ1) is 11.5. The molecule has 2 atom stereocenters. The second kappa shape index (κ2) is 6.25. The highest BCUT2D eigenvalue weighted by Gasteiger charge is 2.33. The minimum atomic E-state index is -0.229. The van der Waals surface area contributed by atoms with E-state index < -0.39 is 0 Å². The highest BCUT2D eigenvalue weighted by Crippen LogP contribution is 2.47. The van der Waals surface area contributed by atoms with Crippen molar-refractivity contribution in [3.63, 3.8) is 0 Å². The third-order valence-electron chi connectivity index (χ3n) is 4.24. The van der Waals surface area contributed by atoms with E-state index in [9.17, 15) is 4.79 Å². The fraction of sp³-hybridized carbons (Fsp3) is 0.100. The van der Waals surface area contributed by atoms with Crippen LogP contribution in [0.25, 0.3) is 0 Å². The Bertz CT molecular complexity index is 952. The Labute approximate surface area is 160 Å². The second-order valence-corrected chi connectivity index (χ2v) is 9.72. The van der Waals surface area contributed by atoms with Crippen LogP contribution in [0.2, 0.25) is 0 Å². The second-order valence-electron chi connectivity index (χ2n) is 5.89. The summed E-state index contributed by atoms with van der Waals surface area (Å²) in [7, 11) is -0.229. The molecule has 0 N–H and O–H groups in total. The number of ketones is 1. The third-order valence-corrected chi connectivity index (χ3v) is 7.66. The largest absolute Gasteiger partial charge is 0.293 e. The number of rotatable bonds is 1. The maximum Gasteiger partial charge on any atom is 0.175 e. The van der Waals surface area contributed by atoms with Crippen molar-refractivity contribution in [1.82, 2.24) is 0 Å². The molecule has 2 aliphatic rings. The first-order valence-electron chi connectivity index (χ1n) is 7.61. The van der Waals surface area contributed by atoms with Crippen LogP contribution >= 0.6 is 42.3 Å². The van der Waals surface area contributed by atoms with Crippen molar-refractivity contribution in [3.05, 3.63) is 80.8 Å². The van der Waals surface area contributed by atoms with Gasteiger partial charge in [-0.05, 0) is 48.2 Å². The molecule has 1 heterocycles. The number of hydrogen-bond acceptors (Lipinski definition) is 1. The van der Waals surface area contributed by atoms with Crippen molar-refractivity contribution in [1.29, 1.82) is 0 Å². The Hall–Kier alpha value is -1.23. The van der Waals surface area contributed by atoms with E-state index >= 15 is 0 Å². The average Bonchev–Trinajstić information content (AvgIpc) is 2.57. The minimum Gasteiger partial charge on any atom is -0.293 e. The molecule has 0 amide bonds. The lowest BCUT2D eigenvalue weighted by atomic mass is 9.91. The summed E-state index contributed by atoms with van der Waals surface area (Å²) in [5.41, 5.74) is 2.07. The smallest absolute Gasteiger partial charge is 0.175 e. The zero-order valence-corrected chi connectivity index (χ0v) is 16.9. The summed E-state index contributed by atoms with van der Waals surface area (Å²) in [5.74, 6) is -0.00530. The number of carbonyl (C=O) groups is 1. The van der Waals surface area contributed by atoms with Crippen molar-refractivity contribution >= 4 is 53.0 Å². The number of halogens is 2. The Morgan fingerprint density at radius 2 is 1.75 bits per heavy atom. The number of benzene rings is 2.